The fourth-order valence-corrected chi connectivity index (χ4v) is 8.17. The third kappa shape index (κ3) is 4.27. The molecule has 10 rings (SSSR count). The minimum absolute atomic E-state index is 0.707. The summed E-state index contributed by atoms with van der Waals surface area (Å²) in [5, 5.41) is 3.30. The molecule has 0 saturated carbocycles. The van der Waals surface area contributed by atoms with E-state index in [0.29, 0.717) is 5.82 Å². The van der Waals surface area contributed by atoms with Crippen molar-refractivity contribution in [1.29, 1.82) is 0 Å². The van der Waals surface area contributed by atoms with E-state index in [9.17, 15) is 0 Å². The molecule has 3 nitrogen and oxygen atoms in total. The largest absolute Gasteiger partial charge is 0.456 e. The molecule has 0 amide bonds. The number of rotatable bonds is 4. The number of aromatic nitrogens is 2. The molecule has 9 aromatic rings. The monoisotopic (exact) mass is 630 g/mol. The molecule has 0 bridgehead atoms. The molecule has 1 aliphatic heterocycles. The maximum Gasteiger partial charge on any atom is 0.161 e. The highest BCUT2D eigenvalue weighted by Crippen LogP contribution is 2.50. The van der Waals surface area contributed by atoms with Gasteiger partial charge in [-0.25, -0.2) is 9.97 Å². The Morgan fingerprint density at radius 1 is 0.438 bits per heavy atom. The molecule has 0 aliphatic carbocycles. The molecule has 0 unspecified atom stereocenters. The lowest BCUT2D eigenvalue weighted by Crippen LogP contribution is -2.00. The van der Waals surface area contributed by atoms with Gasteiger partial charge in [0.1, 0.15) is 11.5 Å². The van der Waals surface area contributed by atoms with Crippen molar-refractivity contribution in [2.24, 2.45) is 0 Å². The SMILES string of the molecule is c1ccc(-c2cccc(-c3nc(-c4ccc5c6c(cccc46)-c4cc(-c6ccccc6)ccc4O5)nc4c3sc3ccccc34)c2)cc1. The quantitative estimate of drug-likeness (QED) is 0.194. The number of hydrogen-bond acceptors (Lipinski definition) is 4. The molecule has 0 N–H and O–H groups in total. The molecule has 0 fully saturated rings. The van der Waals surface area contributed by atoms with E-state index in [1.165, 1.54) is 15.8 Å². The molecular formula is C44H26N2OS. The van der Waals surface area contributed by atoms with Gasteiger partial charge in [-0.05, 0) is 69.6 Å². The summed E-state index contributed by atoms with van der Waals surface area (Å²) in [7, 11) is 0. The fourth-order valence-electron chi connectivity index (χ4n) is 7.02. The van der Waals surface area contributed by atoms with E-state index in [-0.39, 0.29) is 0 Å². The van der Waals surface area contributed by atoms with Crippen LogP contribution in [-0.4, -0.2) is 9.97 Å². The predicted octanol–water partition coefficient (Wildman–Crippen LogP) is 12.4. The molecule has 1 aliphatic rings. The third-order valence-corrected chi connectivity index (χ3v) is 10.5. The molecule has 224 valence electrons. The summed E-state index contributed by atoms with van der Waals surface area (Å²) < 4.78 is 8.86. The number of benzene rings is 7. The summed E-state index contributed by atoms with van der Waals surface area (Å²) in [6.07, 6.45) is 0. The summed E-state index contributed by atoms with van der Waals surface area (Å²) >= 11 is 1.76. The number of fused-ring (bicyclic) bond motifs is 5. The van der Waals surface area contributed by atoms with Crippen molar-refractivity contribution >= 4 is 42.4 Å². The zero-order valence-electron chi connectivity index (χ0n) is 25.7. The molecule has 0 saturated heterocycles. The Balaban J connectivity index is 1.20. The average Bonchev–Trinajstić information content (AvgIpc) is 3.54. The molecular weight excluding hydrogens is 605 g/mol. The van der Waals surface area contributed by atoms with Crippen LogP contribution in [0.25, 0.3) is 87.1 Å². The first-order chi connectivity index (χ1) is 23.8. The van der Waals surface area contributed by atoms with Gasteiger partial charge in [-0.15, -0.1) is 11.3 Å². The van der Waals surface area contributed by atoms with Gasteiger partial charge in [-0.3, -0.25) is 0 Å². The summed E-state index contributed by atoms with van der Waals surface area (Å²) in [6.45, 7) is 0. The Labute approximate surface area is 281 Å². The minimum atomic E-state index is 0.707. The van der Waals surface area contributed by atoms with Crippen LogP contribution >= 0.6 is 11.3 Å². The molecule has 0 spiro atoms. The van der Waals surface area contributed by atoms with Gasteiger partial charge < -0.3 is 4.74 Å². The van der Waals surface area contributed by atoms with Crippen LogP contribution in [0.2, 0.25) is 0 Å². The van der Waals surface area contributed by atoms with Gasteiger partial charge in [-0.2, -0.15) is 0 Å². The summed E-state index contributed by atoms with van der Waals surface area (Å²) in [5.74, 6) is 2.42. The van der Waals surface area contributed by atoms with Crippen LogP contribution in [0.5, 0.6) is 11.5 Å². The Hall–Kier alpha value is -6.10. The number of ether oxygens (including phenoxy) is 1. The van der Waals surface area contributed by atoms with Gasteiger partial charge >= 0.3 is 0 Å². The van der Waals surface area contributed by atoms with Crippen LogP contribution in [0, 0.1) is 0 Å². The lowest BCUT2D eigenvalue weighted by molar-refractivity contribution is 0.487. The van der Waals surface area contributed by atoms with Crippen molar-refractivity contribution in [3.63, 3.8) is 0 Å². The summed E-state index contributed by atoms with van der Waals surface area (Å²) in [5.41, 5.74) is 10.9. The highest BCUT2D eigenvalue weighted by molar-refractivity contribution is 7.26. The molecule has 4 heteroatoms. The number of hydrogen-bond donors (Lipinski definition) is 0. The predicted molar refractivity (Wildman–Crippen MR) is 200 cm³/mol. The van der Waals surface area contributed by atoms with Crippen molar-refractivity contribution in [3.8, 4) is 67.5 Å². The zero-order chi connectivity index (χ0) is 31.6. The van der Waals surface area contributed by atoms with Gasteiger partial charge in [0.2, 0.25) is 0 Å². The summed E-state index contributed by atoms with van der Waals surface area (Å²) in [4.78, 5) is 10.7. The highest BCUT2D eigenvalue weighted by atomic mass is 32.1. The van der Waals surface area contributed by atoms with Crippen molar-refractivity contribution in [1.82, 2.24) is 9.97 Å². The third-order valence-electron chi connectivity index (χ3n) is 9.30. The van der Waals surface area contributed by atoms with Crippen LogP contribution in [-0.2, 0) is 0 Å². The van der Waals surface area contributed by atoms with Crippen molar-refractivity contribution in [2.45, 2.75) is 0 Å². The second-order valence-electron chi connectivity index (χ2n) is 12.1. The van der Waals surface area contributed by atoms with Gasteiger partial charge in [0.15, 0.2) is 5.82 Å². The standard InChI is InChI=1S/C44H26N2OS/c1-3-11-27(12-4-1)29-15-9-16-31(25-29)41-43-42(35-17-7-8-20-39(35)48-43)46-44(45-41)34-22-24-38-40-32(34)18-10-19-33(40)36-26-30(21-23-37(36)47-38)28-13-5-2-6-14-28/h1-26H. The van der Waals surface area contributed by atoms with Crippen molar-refractivity contribution < 1.29 is 4.74 Å². The van der Waals surface area contributed by atoms with Crippen molar-refractivity contribution in [2.75, 3.05) is 0 Å². The van der Waals surface area contributed by atoms with E-state index in [1.807, 2.05) is 6.07 Å². The second kappa shape index (κ2) is 10.7. The number of nitrogens with zero attached hydrogens (tertiary/aromatic N) is 2. The van der Waals surface area contributed by atoms with Crippen molar-refractivity contribution in [3.05, 3.63) is 158 Å². The molecule has 2 aromatic heterocycles. The van der Waals surface area contributed by atoms with Gasteiger partial charge in [0, 0.05) is 32.2 Å². The molecule has 0 radical (unpaired) electrons. The number of thiophene rings is 1. The molecule has 48 heavy (non-hydrogen) atoms. The second-order valence-corrected chi connectivity index (χ2v) is 13.2. The van der Waals surface area contributed by atoms with Gasteiger partial charge in [0.25, 0.3) is 0 Å². The smallest absolute Gasteiger partial charge is 0.161 e. The maximum atomic E-state index is 6.56. The van der Waals surface area contributed by atoms with E-state index in [0.717, 1.165) is 76.9 Å². The van der Waals surface area contributed by atoms with E-state index >= 15 is 0 Å². The first-order valence-corrected chi connectivity index (χ1v) is 16.9. The maximum absolute atomic E-state index is 6.56. The fraction of sp³-hybridized carbons (Fsp3) is 0. The van der Waals surface area contributed by atoms with E-state index < -0.39 is 0 Å². The van der Waals surface area contributed by atoms with E-state index in [4.69, 9.17) is 14.7 Å². The average molecular weight is 631 g/mol. The van der Waals surface area contributed by atoms with Crippen LogP contribution in [0.15, 0.2) is 158 Å². The van der Waals surface area contributed by atoms with E-state index in [2.05, 4.69) is 152 Å². The van der Waals surface area contributed by atoms with Crippen LogP contribution in [0.1, 0.15) is 0 Å². The van der Waals surface area contributed by atoms with E-state index in [1.54, 1.807) is 11.3 Å². The van der Waals surface area contributed by atoms with Crippen LogP contribution in [0.3, 0.4) is 0 Å². The van der Waals surface area contributed by atoms with Crippen LogP contribution < -0.4 is 4.74 Å². The normalized spacial score (nSPS) is 11.9. The first kappa shape index (κ1) is 27.1. The zero-order valence-corrected chi connectivity index (χ0v) is 26.5. The Bertz CT molecular complexity index is 2700. The topological polar surface area (TPSA) is 35.0 Å². The molecule has 7 aromatic carbocycles. The van der Waals surface area contributed by atoms with Gasteiger partial charge in [0.05, 0.1) is 15.9 Å². The Kier molecular flexibility index (Phi) is 6.05. The highest BCUT2D eigenvalue weighted by Gasteiger charge is 2.24. The molecule has 3 heterocycles. The Morgan fingerprint density at radius 2 is 1.10 bits per heavy atom. The first-order valence-electron chi connectivity index (χ1n) is 16.1. The minimum Gasteiger partial charge on any atom is -0.456 e. The van der Waals surface area contributed by atoms with Gasteiger partial charge in [-0.1, -0.05) is 121 Å². The molecule has 0 atom stereocenters. The lowest BCUT2D eigenvalue weighted by Gasteiger charge is -2.23. The lowest BCUT2D eigenvalue weighted by atomic mass is 9.90. The summed E-state index contributed by atoms with van der Waals surface area (Å²) in [6, 6.07) is 55.4. The van der Waals surface area contributed by atoms with Crippen LogP contribution in [0.4, 0.5) is 0 Å². The Morgan fingerprint density at radius 3 is 1.94 bits per heavy atom.